The SMILES string of the molecule is CCCn1c(-c2cc(Cl)ccc2Cl)n[nH]c1=S. The Morgan fingerprint density at radius 1 is 1.41 bits per heavy atom. The lowest BCUT2D eigenvalue weighted by Gasteiger charge is -2.07. The first-order chi connectivity index (χ1) is 8.13. The lowest BCUT2D eigenvalue weighted by Crippen LogP contribution is -2.00. The highest BCUT2D eigenvalue weighted by atomic mass is 35.5. The Labute approximate surface area is 114 Å². The molecule has 0 saturated heterocycles. The Kier molecular flexibility index (Phi) is 3.86. The fraction of sp³-hybridized carbons (Fsp3) is 0.273. The number of nitrogens with one attached hydrogen (secondary N) is 1. The third kappa shape index (κ3) is 2.54. The highest BCUT2D eigenvalue weighted by Crippen LogP contribution is 2.29. The molecule has 0 aliphatic carbocycles. The van der Waals surface area contributed by atoms with Crippen LogP contribution in [0, 0.1) is 4.77 Å². The highest BCUT2D eigenvalue weighted by Gasteiger charge is 2.12. The van der Waals surface area contributed by atoms with Crippen molar-refractivity contribution in [3.63, 3.8) is 0 Å². The van der Waals surface area contributed by atoms with E-state index in [1.54, 1.807) is 18.2 Å². The molecule has 90 valence electrons. The monoisotopic (exact) mass is 287 g/mol. The molecule has 0 amide bonds. The zero-order valence-corrected chi connectivity index (χ0v) is 11.5. The largest absolute Gasteiger partial charge is 0.300 e. The van der Waals surface area contributed by atoms with Crippen molar-refractivity contribution in [2.75, 3.05) is 0 Å². The molecule has 6 heteroatoms. The molecule has 0 spiro atoms. The van der Waals surface area contributed by atoms with Crippen LogP contribution in [-0.2, 0) is 6.54 Å². The van der Waals surface area contributed by atoms with Crippen LogP contribution in [0.3, 0.4) is 0 Å². The first-order valence-corrected chi connectivity index (χ1v) is 6.40. The van der Waals surface area contributed by atoms with Crippen LogP contribution in [0.25, 0.3) is 11.4 Å². The minimum atomic E-state index is 0.595. The first kappa shape index (κ1) is 12.6. The van der Waals surface area contributed by atoms with Gasteiger partial charge in [0, 0.05) is 17.1 Å². The van der Waals surface area contributed by atoms with Crippen LogP contribution < -0.4 is 0 Å². The minimum absolute atomic E-state index is 0.595. The Hall–Kier alpha value is -0.840. The molecule has 1 N–H and O–H groups in total. The molecule has 17 heavy (non-hydrogen) atoms. The quantitative estimate of drug-likeness (QED) is 0.853. The van der Waals surface area contributed by atoms with Gasteiger partial charge in [-0.15, -0.1) is 0 Å². The molecular weight excluding hydrogens is 277 g/mol. The maximum atomic E-state index is 6.15. The van der Waals surface area contributed by atoms with Crippen LogP contribution in [0.15, 0.2) is 18.2 Å². The van der Waals surface area contributed by atoms with Gasteiger partial charge in [0.05, 0.1) is 5.02 Å². The summed E-state index contributed by atoms with van der Waals surface area (Å²) in [5, 5.41) is 8.23. The number of hydrogen-bond donors (Lipinski definition) is 1. The van der Waals surface area contributed by atoms with Crippen molar-refractivity contribution < 1.29 is 0 Å². The normalized spacial score (nSPS) is 10.8. The zero-order chi connectivity index (χ0) is 12.4. The van der Waals surface area contributed by atoms with Crippen molar-refractivity contribution in [3.05, 3.63) is 33.0 Å². The van der Waals surface area contributed by atoms with Crippen LogP contribution in [0.4, 0.5) is 0 Å². The number of nitrogens with zero attached hydrogens (tertiary/aromatic N) is 2. The summed E-state index contributed by atoms with van der Waals surface area (Å²) in [6.07, 6.45) is 0.971. The van der Waals surface area contributed by atoms with Crippen molar-refractivity contribution >= 4 is 35.4 Å². The summed E-state index contributed by atoms with van der Waals surface area (Å²) in [7, 11) is 0. The molecule has 1 heterocycles. The second kappa shape index (κ2) is 5.21. The summed E-state index contributed by atoms with van der Waals surface area (Å²) >= 11 is 17.3. The standard InChI is InChI=1S/C11H11Cl2N3S/c1-2-5-16-10(14-15-11(16)17)8-6-7(12)3-4-9(8)13/h3-4,6H,2,5H2,1H3,(H,15,17). The second-order valence-corrected chi connectivity index (χ2v) is 4.86. The predicted octanol–water partition coefficient (Wildman–Crippen LogP) is 4.32. The van der Waals surface area contributed by atoms with E-state index in [1.165, 1.54) is 0 Å². The molecule has 1 aromatic carbocycles. The predicted molar refractivity (Wildman–Crippen MR) is 73.2 cm³/mol. The van der Waals surface area contributed by atoms with E-state index in [9.17, 15) is 0 Å². The fourth-order valence-electron chi connectivity index (χ4n) is 1.62. The van der Waals surface area contributed by atoms with Gasteiger partial charge in [0.2, 0.25) is 0 Å². The number of H-pyrrole nitrogens is 1. The van der Waals surface area contributed by atoms with Gasteiger partial charge < -0.3 is 4.57 Å². The van der Waals surface area contributed by atoms with E-state index in [0.717, 1.165) is 24.4 Å². The van der Waals surface area contributed by atoms with Crippen molar-refractivity contribution in [2.24, 2.45) is 0 Å². The van der Waals surface area contributed by atoms with Gasteiger partial charge in [-0.3, -0.25) is 5.10 Å². The number of halogens is 2. The average Bonchev–Trinajstić information content (AvgIpc) is 2.65. The Morgan fingerprint density at radius 3 is 2.88 bits per heavy atom. The molecule has 0 aliphatic rings. The summed E-state index contributed by atoms with van der Waals surface area (Å²) < 4.78 is 2.52. The maximum Gasteiger partial charge on any atom is 0.195 e. The van der Waals surface area contributed by atoms with Gasteiger partial charge in [0.1, 0.15) is 0 Å². The summed E-state index contributed by atoms with van der Waals surface area (Å²) in [5.74, 6) is 0.726. The van der Waals surface area contributed by atoms with Crippen molar-refractivity contribution in [1.29, 1.82) is 0 Å². The van der Waals surface area contributed by atoms with Crippen molar-refractivity contribution in [1.82, 2.24) is 14.8 Å². The average molecular weight is 288 g/mol. The lowest BCUT2D eigenvalue weighted by molar-refractivity contribution is 0.675. The van der Waals surface area contributed by atoms with Gasteiger partial charge in [-0.05, 0) is 36.8 Å². The van der Waals surface area contributed by atoms with Gasteiger partial charge >= 0.3 is 0 Å². The summed E-state index contributed by atoms with van der Waals surface area (Å²) in [6.45, 7) is 2.88. The topological polar surface area (TPSA) is 33.6 Å². The highest BCUT2D eigenvalue weighted by molar-refractivity contribution is 7.71. The van der Waals surface area contributed by atoms with Crippen LogP contribution in [0.5, 0.6) is 0 Å². The van der Waals surface area contributed by atoms with Crippen LogP contribution in [-0.4, -0.2) is 14.8 Å². The zero-order valence-electron chi connectivity index (χ0n) is 9.20. The molecular formula is C11H11Cl2N3S. The number of hydrogen-bond acceptors (Lipinski definition) is 2. The molecule has 0 aliphatic heterocycles. The molecule has 0 saturated carbocycles. The van der Waals surface area contributed by atoms with E-state index >= 15 is 0 Å². The molecule has 0 bridgehead atoms. The molecule has 0 unspecified atom stereocenters. The van der Waals surface area contributed by atoms with Crippen LogP contribution >= 0.6 is 35.4 Å². The maximum absolute atomic E-state index is 6.15. The second-order valence-electron chi connectivity index (χ2n) is 3.63. The number of aromatic nitrogens is 3. The van der Waals surface area contributed by atoms with Crippen molar-refractivity contribution in [2.45, 2.75) is 19.9 Å². The summed E-state index contributed by atoms with van der Waals surface area (Å²) in [5.41, 5.74) is 0.792. The van der Waals surface area contributed by atoms with Gasteiger partial charge in [-0.25, -0.2) is 0 Å². The van der Waals surface area contributed by atoms with E-state index in [2.05, 4.69) is 17.1 Å². The molecule has 2 aromatic rings. The molecule has 1 aromatic heterocycles. The molecule has 0 fully saturated rings. The molecule has 0 atom stereocenters. The Morgan fingerprint density at radius 2 is 2.18 bits per heavy atom. The van der Waals surface area contributed by atoms with Gasteiger partial charge in [0.15, 0.2) is 10.6 Å². The Bertz CT molecular complexity index is 589. The number of rotatable bonds is 3. The van der Waals surface area contributed by atoms with E-state index < -0.39 is 0 Å². The van der Waals surface area contributed by atoms with E-state index in [4.69, 9.17) is 35.4 Å². The number of benzene rings is 1. The van der Waals surface area contributed by atoms with Crippen molar-refractivity contribution in [3.8, 4) is 11.4 Å². The van der Waals surface area contributed by atoms with Crippen LogP contribution in [0.2, 0.25) is 10.0 Å². The fourth-order valence-corrected chi connectivity index (χ4v) is 2.22. The van der Waals surface area contributed by atoms with Gasteiger partial charge in [0.25, 0.3) is 0 Å². The lowest BCUT2D eigenvalue weighted by atomic mass is 10.2. The Balaban J connectivity index is 2.60. The molecule has 0 radical (unpaired) electrons. The van der Waals surface area contributed by atoms with Gasteiger partial charge in [-0.2, -0.15) is 5.10 Å². The number of aromatic amines is 1. The minimum Gasteiger partial charge on any atom is -0.300 e. The van der Waals surface area contributed by atoms with E-state index in [0.29, 0.717) is 14.8 Å². The third-order valence-electron chi connectivity index (χ3n) is 2.37. The van der Waals surface area contributed by atoms with E-state index in [-0.39, 0.29) is 0 Å². The van der Waals surface area contributed by atoms with E-state index in [1.807, 2.05) is 4.57 Å². The molecule has 3 nitrogen and oxygen atoms in total. The third-order valence-corrected chi connectivity index (χ3v) is 3.25. The smallest absolute Gasteiger partial charge is 0.195 e. The summed E-state index contributed by atoms with van der Waals surface area (Å²) in [6, 6.07) is 5.30. The first-order valence-electron chi connectivity index (χ1n) is 5.24. The van der Waals surface area contributed by atoms with Gasteiger partial charge in [-0.1, -0.05) is 30.1 Å². The molecule has 2 rings (SSSR count). The summed E-state index contributed by atoms with van der Waals surface area (Å²) in [4.78, 5) is 0. The van der Waals surface area contributed by atoms with Crippen LogP contribution in [0.1, 0.15) is 13.3 Å².